The summed E-state index contributed by atoms with van der Waals surface area (Å²) in [5.74, 6) is 2.77. The van der Waals surface area contributed by atoms with Gasteiger partial charge in [0.2, 0.25) is 0 Å². The maximum atomic E-state index is 11.7. The van der Waals surface area contributed by atoms with Crippen molar-refractivity contribution in [3.63, 3.8) is 0 Å². The first kappa shape index (κ1) is 18.5. The summed E-state index contributed by atoms with van der Waals surface area (Å²) in [7, 11) is 0. The van der Waals surface area contributed by atoms with Gasteiger partial charge < -0.3 is 14.8 Å². The molecule has 3 rings (SSSR count). The minimum atomic E-state index is -0.541. The van der Waals surface area contributed by atoms with Crippen LogP contribution in [0.5, 0.6) is 5.75 Å². The van der Waals surface area contributed by atoms with E-state index in [0.717, 1.165) is 12.8 Å². The topological polar surface area (TPSA) is 64.6 Å². The summed E-state index contributed by atoms with van der Waals surface area (Å²) in [4.78, 5) is 23.4. The zero-order valence-electron chi connectivity index (χ0n) is 14.2. The summed E-state index contributed by atoms with van der Waals surface area (Å²) in [5, 5.41) is 2.84. The molecule has 1 aliphatic carbocycles. The predicted molar refractivity (Wildman–Crippen MR) is 101 cm³/mol. The molecule has 1 N–H and O–H groups in total. The van der Waals surface area contributed by atoms with Gasteiger partial charge in [0, 0.05) is 17.5 Å². The molecule has 0 unspecified atom stereocenters. The van der Waals surface area contributed by atoms with E-state index in [1.165, 1.54) is 17.1 Å². The van der Waals surface area contributed by atoms with Gasteiger partial charge in [-0.2, -0.15) is 0 Å². The van der Waals surface area contributed by atoms with Crippen molar-refractivity contribution in [2.24, 2.45) is 5.92 Å². The lowest BCUT2D eigenvalue weighted by atomic mass is 10.2. The number of benzene rings is 1. The molecule has 5 nitrogen and oxygen atoms in total. The molecule has 1 heterocycles. The van der Waals surface area contributed by atoms with Crippen molar-refractivity contribution in [3.8, 4) is 5.75 Å². The fraction of sp³-hybridized carbons (Fsp3) is 0.556. The maximum absolute atomic E-state index is 11.7. The predicted octanol–water partition coefficient (Wildman–Crippen LogP) is 3.00. The zero-order valence-corrected chi connectivity index (χ0v) is 15.9. The quantitative estimate of drug-likeness (QED) is 0.699. The molecule has 136 valence electrons. The normalized spacial score (nSPS) is 18.6. The lowest BCUT2D eigenvalue weighted by molar-refractivity contribution is -0.150. The molecule has 7 heteroatoms. The summed E-state index contributed by atoms with van der Waals surface area (Å²) >= 11 is 3.90. The van der Waals surface area contributed by atoms with Crippen molar-refractivity contribution in [1.82, 2.24) is 5.32 Å². The van der Waals surface area contributed by atoms with E-state index in [9.17, 15) is 9.59 Å². The molecule has 25 heavy (non-hydrogen) atoms. The molecule has 1 saturated carbocycles. The summed E-state index contributed by atoms with van der Waals surface area (Å²) in [6, 6.07) is 7.95. The Morgan fingerprint density at radius 1 is 1.16 bits per heavy atom. The first-order chi connectivity index (χ1) is 12.1. The highest BCUT2D eigenvalue weighted by molar-refractivity contribution is 8.19. The Hall–Kier alpha value is -1.34. The lowest BCUT2D eigenvalue weighted by Crippen LogP contribution is -2.37. The van der Waals surface area contributed by atoms with Crippen molar-refractivity contribution >= 4 is 35.4 Å². The Morgan fingerprint density at radius 3 is 2.48 bits per heavy atom. The van der Waals surface area contributed by atoms with Gasteiger partial charge in [0.15, 0.2) is 13.2 Å². The highest BCUT2D eigenvalue weighted by atomic mass is 32.2. The third-order valence-corrected chi connectivity index (χ3v) is 7.32. The second-order valence-corrected chi connectivity index (χ2v) is 9.01. The van der Waals surface area contributed by atoms with Gasteiger partial charge in [-0.15, -0.1) is 23.5 Å². The van der Waals surface area contributed by atoms with E-state index in [2.05, 4.69) is 5.32 Å². The number of hydrogen-bond donors (Lipinski definition) is 1. The largest absolute Gasteiger partial charge is 0.482 e. The maximum Gasteiger partial charge on any atom is 0.344 e. The van der Waals surface area contributed by atoms with Crippen molar-refractivity contribution in [2.75, 3.05) is 24.7 Å². The van der Waals surface area contributed by atoms with Crippen LogP contribution in [0.1, 0.15) is 29.9 Å². The smallest absolute Gasteiger partial charge is 0.344 e. The van der Waals surface area contributed by atoms with Gasteiger partial charge >= 0.3 is 5.97 Å². The zero-order chi connectivity index (χ0) is 17.6. The van der Waals surface area contributed by atoms with Crippen LogP contribution < -0.4 is 10.1 Å². The number of rotatable bonds is 8. The van der Waals surface area contributed by atoms with E-state index in [1.54, 1.807) is 0 Å². The number of nitrogens with one attached hydrogen (secondary N) is 1. The minimum Gasteiger partial charge on any atom is -0.482 e. The Balaban J connectivity index is 1.34. The van der Waals surface area contributed by atoms with Gasteiger partial charge in [0.1, 0.15) is 5.75 Å². The van der Waals surface area contributed by atoms with Crippen LogP contribution in [0.15, 0.2) is 24.3 Å². The number of hydrogen-bond acceptors (Lipinski definition) is 6. The van der Waals surface area contributed by atoms with Crippen LogP contribution in [0.4, 0.5) is 0 Å². The molecule has 1 amide bonds. The lowest BCUT2D eigenvalue weighted by Gasteiger charge is -2.13. The van der Waals surface area contributed by atoms with Gasteiger partial charge in [0.05, 0.1) is 4.58 Å². The molecule has 2 fully saturated rings. The van der Waals surface area contributed by atoms with Gasteiger partial charge in [-0.05, 0) is 43.4 Å². The van der Waals surface area contributed by atoms with Gasteiger partial charge in [-0.1, -0.05) is 12.1 Å². The van der Waals surface area contributed by atoms with Crippen molar-refractivity contribution in [1.29, 1.82) is 0 Å². The molecule has 1 saturated heterocycles. The van der Waals surface area contributed by atoms with E-state index in [4.69, 9.17) is 9.47 Å². The number of thioether (sulfide) groups is 2. The minimum absolute atomic E-state index is 0.150. The van der Waals surface area contributed by atoms with Crippen LogP contribution in [-0.2, 0) is 14.3 Å². The van der Waals surface area contributed by atoms with Crippen LogP contribution in [0.25, 0.3) is 0 Å². The number of amides is 1. The van der Waals surface area contributed by atoms with Crippen molar-refractivity contribution < 1.29 is 19.1 Å². The SMILES string of the molecule is C[C@@H](NC(=O)COC(=O)COc1ccc(C2SCCS2)cc1)C1CC1. The Morgan fingerprint density at radius 2 is 1.84 bits per heavy atom. The molecule has 1 aromatic carbocycles. The van der Waals surface area contributed by atoms with Crippen LogP contribution in [-0.4, -0.2) is 42.6 Å². The van der Waals surface area contributed by atoms with Gasteiger partial charge in [-0.25, -0.2) is 4.79 Å². The second-order valence-electron chi connectivity index (χ2n) is 6.29. The molecule has 0 aromatic heterocycles. The van der Waals surface area contributed by atoms with Crippen LogP contribution in [0, 0.1) is 5.92 Å². The van der Waals surface area contributed by atoms with Gasteiger partial charge in [-0.3, -0.25) is 4.79 Å². The first-order valence-corrected chi connectivity index (χ1v) is 10.6. The molecule has 1 atom stereocenters. The molecule has 1 aromatic rings. The Kier molecular flexibility index (Phi) is 6.53. The first-order valence-electron chi connectivity index (χ1n) is 8.53. The summed E-state index contributed by atoms with van der Waals surface area (Å²) in [6.45, 7) is 1.53. The number of esters is 1. The fourth-order valence-corrected chi connectivity index (χ4v) is 5.47. The third kappa shape index (κ3) is 5.85. The second kappa shape index (κ2) is 8.85. The molecule has 0 radical (unpaired) electrons. The van der Waals surface area contributed by atoms with Crippen molar-refractivity contribution in [3.05, 3.63) is 29.8 Å². The van der Waals surface area contributed by atoms with Crippen molar-refractivity contribution in [2.45, 2.75) is 30.4 Å². The summed E-state index contributed by atoms with van der Waals surface area (Å²) < 4.78 is 10.9. The van der Waals surface area contributed by atoms with E-state index in [1.807, 2.05) is 54.7 Å². The average molecular weight is 382 g/mol. The highest BCUT2D eigenvalue weighted by Crippen LogP contribution is 2.45. The summed E-state index contributed by atoms with van der Waals surface area (Å²) in [5.41, 5.74) is 1.27. The average Bonchev–Trinajstić information content (AvgIpc) is 3.33. The highest BCUT2D eigenvalue weighted by Gasteiger charge is 2.29. The summed E-state index contributed by atoms with van der Waals surface area (Å²) in [6.07, 6.45) is 2.32. The molecular weight excluding hydrogens is 358 g/mol. The van der Waals surface area contributed by atoms with Crippen LogP contribution in [0.3, 0.4) is 0 Å². The van der Waals surface area contributed by atoms with E-state index in [-0.39, 0.29) is 25.2 Å². The molecule has 2 aliphatic rings. The Bertz CT molecular complexity index is 598. The monoisotopic (exact) mass is 381 g/mol. The van der Waals surface area contributed by atoms with Gasteiger partial charge in [0.25, 0.3) is 5.91 Å². The van der Waals surface area contributed by atoms with E-state index < -0.39 is 5.97 Å². The fourth-order valence-electron chi connectivity index (χ4n) is 2.61. The Labute approximate surface area is 156 Å². The number of carbonyl (C=O) groups excluding carboxylic acids is 2. The third-order valence-electron chi connectivity index (χ3n) is 4.21. The van der Waals surface area contributed by atoms with E-state index >= 15 is 0 Å². The standard InChI is InChI=1S/C18H23NO4S2/c1-12(13-2-3-13)19-16(20)10-23-17(21)11-22-15-6-4-14(5-7-15)18-24-8-9-25-18/h4-7,12-13,18H,2-3,8-11H2,1H3,(H,19,20)/t12-/m1/s1. The number of carbonyl (C=O) groups is 2. The number of ether oxygens (including phenoxy) is 2. The molecule has 0 spiro atoms. The van der Waals surface area contributed by atoms with E-state index in [0.29, 0.717) is 16.2 Å². The van der Waals surface area contributed by atoms with Crippen LogP contribution in [0.2, 0.25) is 0 Å². The molecule has 1 aliphatic heterocycles. The molecular formula is C18H23NO4S2. The molecule has 0 bridgehead atoms. The van der Waals surface area contributed by atoms with Crippen LogP contribution >= 0.6 is 23.5 Å².